The first-order valence-electron chi connectivity index (χ1n) is 11.4. The van der Waals surface area contributed by atoms with Crippen LogP contribution in [0, 0.1) is 17.8 Å². The highest BCUT2D eigenvalue weighted by atomic mass is 16.5. The average molecular weight is 414 g/mol. The molecule has 0 spiro atoms. The van der Waals surface area contributed by atoms with E-state index in [1.807, 2.05) is 50.1 Å². The van der Waals surface area contributed by atoms with E-state index >= 15 is 0 Å². The Bertz CT molecular complexity index is 741. The minimum Gasteiger partial charge on any atom is -0.494 e. The number of nitrogens with one attached hydrogen (secondary N) is 2. The lowest BCUT2D eigenvalue weighted by Crippen LogP contribution is -2.62. The Labute approximate surface area is 179 Å². The maximum absolute atomic E-state index is 12.7. The minimum atomic E-state index is -0.404. The molecule has 2 N–H and O–H groups in total. The highest BCUT2D eigenvalue weighted by molar-refractivity contribution is 5.97. The fourth-order valence-corrected chi connectivity index (χ4v) is 6.23. The lowest BCUT2D eigenvalue weighted by molar-refractivity contribution is -0.124. The van der Waals surface area contributed by atoms with Gasteiger partial charge < -0.3 is 10.1 Å². The summed E-state index contributed by atoms with van der Waals surface area (Å²) in [5, 5.41) is 5.81. The molecule has 1 aromatic rings. The van der Waals surface area contributed by atoms with E-state index in [1.54, 1.807) is 0 Å². The molecule has 30 heavy (non-hydrogen) atoms. The normalized spacial score (nSPS) is 30.2. The van der Waals surface area contributed by atoms with Crippen molar-refractivity contribution in [3.63, 3.8) is 0 Å². The Morgan fingerprint density at radius 2 is 1.67 bits per heavy atom. The number of ether oxygens (including phenoxy) is 1. The van der Waals surface area contributed by atoms with Gasteiger partial charge in [0.2, 0.25) is 5.91 Å². The number of likely N-dealkylation sites (N-methyl/N-ethyl adjacent to an activating group) is 1. The van der Waals surface area contributed by atoms with Gasteiger partial charge in [0.1, 0.15) is 5.75 Å². The van der Waals surface area contributed by atoms with Crippen molar-refractivity contribution >= 4 is 11.9 Å². The zero-order valence-corrected chi connectivity index (χ0v) is 18.4. The molecule has 4 bridgehead atoms. The third-order valence-electron chi connectivity index (χ3n) is 7.36. The zero-order valence-electron chi connectivity index (χ0n) is 18.4. The Morgan fingerprint density at radius 3 is 2.20 bits per heavy atom. The van der Waals surface area contributed by atoms with Gasteiger partial charge in [-0.2, -0.15) is 0 Å². The second-order valence-corrected chi connectivity index (χ2v) is 9.81. The molecule has 6 heteroatoms. The van der Waals surface area contributed by atoms with Crippen LogP contribution in [-0.2, 0) is 11.3 Å². The van der Waals surface area contributed by atoms with E-state index in [0.717, 1.165) is 48.3 Å². The van der Waals surface area contributed by atoms with Crippen LogP contribution in [0.4, 0.5) is 4.79 Å². The SMILES string of the molecule is CCOc1ccc(CN(C)C(C)C(=O)NC(=O)NC23CC4CC(CC(C4)C2)C3)cc1. The van der Waals surface area contributed by atoms with Gasteiger partial charge in [-0.3, -0.25) is 15.0 Å². The molecule has 1 aromatic carbocycles. The molecule has 0 aromatic heterocycles. The average Bonchev–Trinajstić information content (AvgIpc) is 2.67. The summed E-state index contributed by atoms with van der Waals surface area (Å²) < 4.78 is 5.47. The summed E-state index contributed by atoms with van der Waals surface area (Å²) in [7, 11) is 1.90. The molecule has 3 amide bonds. The van der Waals surface area contributed by atoms with Crippen molar-refractivity contribution in [2.24, 2.45) is 17.8 Å². The molecular formula is C24H35N3O3. The van der Waals surface area contributed by atoms with Crippen LogP contribution in [0.25, 0.3) is 0 Å². The van der Waals surface area contributed by atoms with E-state index in [0.29, 0.717) is 13.2 Å². The van der Waals surface area contributed by atoms with Gasteiger partial charge in [-0.25, -0.2) is 4.79 Å². The number of amides is 3. The molecule has 0 aliphatic heterocycles. The molecule has 1 atom stereocenters. The first-order chi connectivity index (χ1) is 14.4. The van der Waals surface area contributed by atoms with Crippen molar-refractivity contribution < 1.29 is 14.3 Å². The molecule has 5 rings (SSSR count). The topological polar surface area (TPSA) is 70.7 Å². The van der Waals surface area contributed by atoms with Crippen LogP contribution in [0.5, 0.6) is 5.75 Å². The standard InChI is InChI=1S/C24H35N3O3/c1-4-30-21-7-5-17(6-8-21)15-27(3)16(2)22(28)25-23(29)26-24-12-18-9-19(13-24)11-20(10-18)14-24/h5-8,16,18-20H,4,9-15H2,1-3H3,(H2,25,26,28,29). The van der Waals surface area contributed by atoms with E-state index in [4.69, 9.17) is 4.74 Å². The number of hydrogen-bond acceptors (Lipinski definition) is 4. The second kappa shape index (κ2) is 8.58. The summed E-state index contributed by atoms with van der Waals surface area (Å²) in [5.74, 6) is 2.85. The Hall–Kier alpha value is -2.08. The molecule has 0 saturated heterocycles. The number of rotatable bonds is 7. The van der Waals surface area contributed by atoms with Gasteiger partial charge in [0.05, 0.1) is 12.6 Å². The van der Waals surface area contributed by atoms with Gasteiger partial charge in [0.15, 0.2) is 0 Å². The summed E-state index contributed by atoms with van der Waals surface area (Å²) in [6.07, 6.45) is 7.22. The number of urea groups is 1. The minimum absolute atomic E-state index is 0.0867. The van der Waals surface area contributed by atoms with Crippen molar-refractivity contribution in [2.75, 3.05) is 13.7 Å². The molecule has 164 valence electrons. The van der Waals surface area contributed by atoms with Gasteiger partial charge in [-0.1, -0.05) is 12.1 Å². The number of benzene rings is 1. The van der Waals surface area contributed by atoms with Crippen molar-refractivity contribution in [1.82, 2.24) is 15.5 Å². The van der Waals surface area contributed by atoms with E-state index in [1.165, 1.54) is 19.3 Å². The van der Waals surface area contributed by atoms with E-state index in [9.17, 15) is 9.59 Å². The number of nitrogens with zero attached hydrogens (tertiary/aromatic N) is 1. The smallest absolute Gasteiger partial charge is 0.321 e. The van der Waals surface area contributed by atoms with Crippen molar-refractivity contribution in [3.8, 4) is 5.75 Å². The Kier molecular flexibility index (Phi) is 6.05. The predicted molar refractivity (Wildman–Crippen MR) is 116 cm³/mol. The van der Waals surface area contributed by atoms with Crippen LogP contribution in [-0.4, -0.2) is 42.1 Å². The van der Waals surface area contributed by atoms with Crippen LogP contribution in [0.2, 0.25) is 0 Å². The quantitative estimate of drug-likeness (QED) is 0.715. The van der Waals surface area contributed by atoms with Gasteiger partial charge in [0, 0.05) is 12.1 Å². The Morgan fingerprint density at radius 1 is 1.10 bits per heavy atom. The van der Waals surface area contributed by atoms with Crippen LogP contribution in [0.15, 0.2) is 24.3 Å². The predicted octanol–water partition coefficient (Wildman–Crippen LogP) is 3.70. The fraction of sp³-hybridized carbons (Fsp3) is 0.667. The van der Waals surface area contributed by atoms with Gasteiger partial charge in [-0.15, -0.1) is 0 Å². The number of hydrogen-bond donors (Lipinski definition) is 2. The molecule has 0 radical (unpaired) electrons. The van der Waals surface area contributed by atoms with Crippen molar-refractivity contribution in [3.05, 3.63) is 29.8 Å². The lowest BCUT2D eigenvalue weighted by Gasteiger charge is -2.56. The molecule has 4 aliphatic carbocycles. The van der Waals surface area contributed by atoms with E-state index in [2.05, 4.69) is 10.6 Å². The van der Waals surface area contributed by atoms with E-state index in [-0.39, 0.29) is 17.5 Å². The molecule has 0 heterocycles. The van der Waals surface area contributed by atoms with Crippen LogP contribution in [0.1, 0.15) is 57.9 Å². The Balaban J connectivity index is 1.28. The second-order valence-electron chi connectivity index (χ2n) is 9.81. The molecular weight excluding hydrogens is 378 g/mol. The summed E-state index contributed by atoms with van der Waals surface area (Å²) in [6, 6.07) is 7.16. The summed E-state index contributed by atoms with van der Waals surface area (Å²) in [5.41, 5.74) is 1.01. The van der Waals surface area contributed by atoms with Crippen molar-refractivity contribution in [2.45, 2.75) is 70.5 Å². The monoisotopic (exact) mass is 413 g/mol. The molecule has 4 aliphatic rings. The van der Waals surface area contributed by atoms with Gasteiger partial charge in [-0.05, 0) is 94.9 Å². The maximum atomic E-state index is 12.7. The van der Waals surface area contributed by atoms with Crippen LogP contribution in [0.3, 0.4) is 0 Å². The summed E-state index contributed by atoms with van der Waals surface area (Å²) >= 11 is 0. The maximum Gasteiger partial charge on any atom is 0.321 e. The van der Waals surface area contributed by atoms with Crippen molar-refractivity contribution in [1.29, 1.82) is 0 Å². The number of carbonyl (C=O) groups is 2. The van der Waals surface area contributed by atoms with Crippen LogP contribution < -0.4 is 15.4 Å². The third kappa shape index (κ3) is 4.64. The molecule has 6 nitrogen and oxygen atoms in total. The molecule has 4 saturated carbocycles. The van der Waals surface area contributed by atoms with Gasteiger partial charge in [0.25, 0.3) is 0 Å². The largest absolute Gasteiger partial charge is 0.494 e. The van der Waals surface area contributed by atoms with Crippen LogP contribution >= 0.6 is 0 Å². The number of imide groups is 1. The van der Waals surface area contributed by atoms with Gasteiger partial charge >= 0.3 is 6.03 Å². The zero-order chi connectivity index (χ0) is 21.3. The highest BCUT2D eigenvalue weighted by Gasteiger charge is 2.51. The summed E-state index contributed by atoms with van der Waals surface area (Å²) in [6.45, 7) is 5.06. The third-order valence-corrected chi connectivity index (χ3v) is 7.36. The number of carbonyl (C=O) groups excluding carboxylic acids is 2. The first kappa shape index (κ1) is 21.2. The summed E-state index contributed by atoms with van der Waals surface area (Å²) in [4.78, 5) is 27.3. The molecule has 4 fully saturated rings. The highest BCUT2D eigenvalue weighted by Crippen LogP contribution is 2.55. The first-order valence-corrected chi connectivity index (χ1v) is 11.4. The lowest BCUT2D eigenvalue weighted by atomic mass is 9.53. The van der Waals surface area contributed by atoms with E-state index < -0.39 is 6.04 Å². The molecule has 1 unspecified atom stereocenters. The fourth-order valence-electron chi connectivity index (χ4n) is 6.23.